The molecular weight excluding hydrogens is 650 g/mol. The number of aryl methyl sites for hydroxylation is 1. The van der Waals surface area contributed by atoms with Crippen LogP contribution in [0.3, 0.4) is 0 Å². The Hall–Kier alpha value is -5.37. The molecule has 5 amide bonds. The normalized spacial score (nSPS) is 14.1. The van der Waals surface area contributed by atoms with Crippen molar-refractivity contribution < 1.29 is 24.1 Å². The van der Waals surface area contributed by atoms with Gasteiger partial charge in [-0.05, 0) is 67.1 Å². The van der Waals surface area contributed by atoms with Gasteiger partial charge in [0.25, 0.3) is 23.4 Å². The minimum absolute atomic E-state index is 0.218. The number of urea groups is 1. The number of carbonyl (C=O) groups is 4. The second kappa shape index (κ2) is 12.6. The molecule has 6 rings (SSSR count). The van der Waals surface area contributed by atoms with Crippen molar-refractivity contribution in [1.82, 2.24) is 10.3 Å². The molecule has 1 saturated heterocycles. The largest absolute Gasteiger partial charge is 0.335 e. The Bertz CT molecular complexity index is 2130. The Balaban J connectivity index is 1.24. The molecule has 0 spiro atoms. The summed E-state index contributed by atoms with van der Waals surface area (Å²) in [6, 6.07) is 21.9. The van der Waals surface area contributed by atoms with Crippen LogP contribution in [0, 0.1) is 17.0 Å². The summed E-state index contributed by atoms with van der Waals surface area (Å²) < 4.78 is 1.27. The van der Waals surface area contributed by atoms with Crippen LogP contribution in [0.4, 0.5) is 21.9 Å². The molecule has 0 unspecified atom stereocenters. The predicted octanol–water partition coefficient (Wildman–Crippen LogP) is 7.24. The molecule has 14 heteroatoms. The first-order chi connectivity index (χ1) is 22.1. The lowest BCUT2D eigenvalue weighted by atomic mass is 10.1. The third-order valence-electron chi connectivity index (χ3n) is 6.83. The van der Waals surface area contributed by atoms with Gasteiger partial charge in [-0.3, -0.25) is 29.8 Å². The number of hydrogen-bond acceptors (Lipinski definition) is 9. The first kappa shape index (κ1) is 30.6. The molecule has 11 nitrogen and oxygen atoms in total. The number of imide groups is 2. The molecule has 1 aliphatic rings. The Labute approximate surface area is 274 Å². The van der Waals surface area contributed by atoms with Crippen LogP contribution in [-0.4, -0.2) is 33.7 Å². The van der Waals surface area contributed by atoms with Crippen molar-refractivity contribution in [1.29, 1.82) is 0 Å². The van der Waals surface area contributed by atoms with Crippen molar-refractivity contribution in [2.24, 2.45) is 0 Å². The molecule has 0 bridgehead atoms. The van der Waals surface area contributed by atoms with Gasteiger partial charge in [0.1, 0.15) is 5.57 Å². The van der Waals surface area contributed by atoms with Crippen LogP contribution in [0.25, 0.3) is 16.3 Å². The fraction of sp³-hybridized carbons (Fsp3) is 0.0312. The van der Waals surface area contributed by atoms with Crippen LogP contribution in [0.2, 0.25) is 5.02 Å². The number of barbiturate groups is 1. The first-order valence-corrected chi connectivity index (χ1v) is 15.5. The van der Waals surface area contributed by atoms with Crippen molar-refractivity contribution in [2.45, 2.75) is 16.2 Å². The third kappa shape index (κ3) is 6.24. The van der Waals surface area contributed by atoms with Crippen LogP contribution in [-0.2, 0) is 9.59 Å². The van der Waals surface area contributed by atoms with Gasteiger partial charge in [-0.15, -0.1) is 11.3 Å². The molecule has 0 radical (unpaired) electrons. The number of carbonyl (C=O) groups excluding carboxylic acids is 4. The lowest BCUT2D eigenvalue weighted by Crippen LogP contribution is -2.54. The molecule has 228 valence electrons. The Morgan fingerprint density at radius 2 is 1.80 bits per heavy atom. The van der Waals surface area contributed by atoms with Crippen LogP contribution in [0.15, 0.2) is 99.7 Å². The van der Waals surface area contributed by atoms with Gasteiger partial charge in [-0.2, -0.15) is 0 Å². The van der Waals surface area contributed by atoms with Gasteiger partial charge in [0, 0.05) is 11.8 Å². The van der Waals surface area contributed by atoms with Crippen molar-refractivity contribution in [3.05, 3.63) is 122 Å². The van der Waals surface area contributed by atoms with Gasteiger partial charge in [0.05, 0.1) is 36.3 Å². The van der Waals surface area contributed by atoms with Crippen molar-refractivity contribution >= 4 is 91.8 Å². The number of nitro benzene ring substituents is 1. The van der Waals surface area contributed by atoms with E-state index in [1.165, 1.54) is 35.6 Å². The number of aromatic nitrogens is 1. The topological polar surface area (TPSA) is 152 Å². The highest BCUT2D eigenvalue weighted by molar-refractivity contribution is 8.01. The highest BCUT2D eigenvalue weighted by atomic mass is 35.5. The maximum atomic E-state index is 13.2. The molecule has 2 heterocycles. The van der Waals surface area contributed by atoms with E-state index in [4.69, 9.17) is 11.6 Å². The summed E-state index contributed by atoms with van der Waals surface area (Å²) in [7, 11) is 0. The van der Waals surface area contributed by atoms with E-state index in [0.717, 1.165) is 26.9 Å². The first-order valence-electron chi connectivity index (χ1n) is 13.5. The molecular formula is C32H20ClN5O6S2. The molecule has 2 N–H and O–H groups in total. The van der Waals surface area contributed by atoms with Crippen LogP contribution < -0.4 is 15.5 Å². The van der Waals surface area contributed by atoms with E-state index in [-0.39, 0.29) is 33.3 Å². The molecule has 0 aliphatic carbocycles. The number of fused-ring (bicyclic) bond motifs is 1. The second-order valence-corrected chi connectivity index (χ2v) is 12.7. The second-order valence-electron chi connectivity index (χ2n) is 9.98. The zero-order valence-electron chi connectivity index (χ0n) is 23.6. The van der Waals surface area contributed by atoms with Gasteiger partial charge >= 0.3 is 6.03 Å². The minimum Gasteiger partial charge on any atom is -0.322 e. The summed E-state index contributed by atoms with van der Waals surface area (Å²) >= 11 is 8.51. The van der Waals surface area contributed by atoms with Crippen LogP contribution in [0.1, 0.15) is 21.5 Å². The quantitative estimate of drug-likeness (QED) is 0.0797. The number of nitrogens with zero attached hydrogens (tertiary/aromatic N) is 3. The highest BCUT2D eigenvalue weighted by Crippen LogP contribution is 2.40. The van der Waals surface area contributed by atoms with E-state index >= 15 is 0 Å². The fourth-order valence-corrected chi connectivity index (χ4v) is 6.94. The number of nitro groups is 1. The lowest BCUT2D eigenvalue weighted by molar-refractivity contribution is -0.387. The average Bonchev–Trinajstić information content (AvgIpc) is 3.42. The van der Waals surface area contributed by atoms with Crippen molar-refractivity contribution in [3.8, 4) is 0 Å². The van der Waals surface area contributed by atoms with Crippen LogP contribution >= 0.6 is 34.7 Å². The number of nitrogens with one attached hydrogen (secondary N) is 2. The maximum absolute atomic E-state index is 13.2. The van der Waals surface area contributed by atoms with Crippen molar-refractivity contribution in [2.75, 3.05) is 10.2 Å². The zero-order valence-corrected chi connectivity index (χ0v) is 26.0. The lowest BCUT2D eigenvalue weighted by Gasteiger charge is -2.26. The fourth-order valence-electron chi connectivity index (χ4n) is 4.57. The number of halogens is 1. The molecule has 1 aromatic heterocycles. The summed E-state index contributed by atoms with van der Waals surface area (Å²) in [5, 5.41) is 17.4. The summed E-state index contributed by atoms with van der Waals surface area (Å²) in [4.78, 5) is 68.2. The van der Waals surface area contributed by atoms with Gasteiger partial charge in [0.2, 0.25) is 0 Å². The van der Waals surface area contributed by atoms with Gasteiger partial charge < -0.3 is 5.32 Å². The van der Waals surface area contributed by atoms with E-state index in [1.54, 1.807) is 66.7 Å². The summed E-state index contributed by atoms with van der Waals surface area (Å²) in [6.07, 6.45) is 1.21. The Kier molecular flexibility index (Phi) is 8.37. The molecule has 46 heavy (non-hydrogen) atoms. The van der Waals surface area contributed by atoms with E-state index in [2.05, 4.69) is 15.6 Å². The van der Waals surface area contributed by atoms with Crippen LogP contribution in [0.5, 0.6) is 0 Å². The minimum atomic E-state index is -0.906. The summed E-state index contributed by atoms with van der Waals surface area (Å²) in [5.41, 5.74) is 2.30. The third-order valence-corrected chi connectivity index (χ3v) is 9.30. The summed E-state index contributed by atoms with van der Waals surface area (Å²) in [6.45, 7) is 1.85. The Morgan fingerprint density at radius 3 is 2.54 bits per heavy atom. The van der Waals surface area contributed by atoms with Gasteiger partial charge in [-0.25, -0.2) is 14.7 Å². The van der Waals surface area contributed by atoms with Gasteiger partial charge in [-0.1, -0.05) is 59.3 Å². The number of benzene rings is 4. The standard InChI is InChI=1S/C32H20ClN5O6S2/c1-17-6-10-20(11-7-17)37-30(41)22(29(40)36-31(37)42)14-18-8-13-26(25(15-18)38(43)44)45-32-35-24-12-9-19(16-27(24)46-32)34-28(39)21-4-2-3-5-23(21)33/h2-16H,1H3,(H,34,39)(H,36,40,42)/b22-14+. The molecule has 0 saturated carbocycles. The number of thiazole rings is 1. The number of anilines is 2. The molecule has 0 atom stereocenters. The van der Waals surface area contributed by atoms with Gasteiger partial charge in [0.15, 0.2) is 4.34 Å². The van der Waals surface area contributed by atoms with E-state index in [9.17, 15) is 29.3 Å². The summed E-state index contributed by atoms with van der Waals surface area (Å²) in [5.74, 6) is -2.12. The monoisotopic (exact) mass is 669 g/mol. The predicted molar refractivity (Wildman–Crippen MR) is 176 cm³/mol. The molecule has 1 aliphatic heterocycles. The molecule has 1 fully saturated rings. The van der Waals surface area contributed by atoms with Crippen molar-refractivity contribution in [3.63, 3.8) is 0 Å². The smallest absolute Gasteiger partial charge is 0.322 e. The SMILES string of the molecule is Cc1ccc(N2C(=O)NC(=O)/C(=C\c3ccc(Sc4nc5ccc(NC(=O)c6ccccc6Cl)cc5s4)c([N+](=O)[O-])c3)C2=O)cc1. The zero-order chi connectivity index (χ0) is 32.5. The van der Waals surface area contributed by atoms with E-state index in [1.807, 2.05) is 6.92 Å². The average molecular weight is 670 g/mol. The molecule has 5 aromatic rings. The number of rotatable bonds is 7. The highest BCUT2D eigenvalue weighted by Gasteiger charge is 2.37. The number of amides is 5. The molecule has 4 aromatic carbocycles. The maximum Gasteiger partial charge on any atom is 0.335 e. The Morgan fingerprint density at radius 1 is 1.04 bits per heavy atom. The van der Waals surface area contributed by atoms with E-state index in [0.29, 0.717) is 26.1 Å². The number of hydrogen-bond donors (Lipinski definition) is 2. The van der Waals surface area contributed by atoms with E-state index < -0.39 is 22.8 Å².